The van der Waals surface area contributed by atoms with Crippen LogP contribution >= 0.6 is 0 Å². The van der Waals surface area contributed by atoms with Gasteiger partial charge in [0, 0.05) is 14.1 Å². The summed E-state index contributed by atoms with van der Waals surface area (Å²) in [5.41, 5.74) is 0. The number of ether oxygens (including phenoxy) is 1. The van der Waals surface area contributed by atoms with E-state index < -0.39 is 24.5 Å². The van der Waals surface area contributed by atoms with Crippen molar-refractivity contribution in [1.29, 1.82) is 0 Å². The number of carbonyl (C=O) groups excluding carboxylic acids is 2. The number of aliphatic carboxylic acids is 1. The Bertz CT molecular complexity index is 328. The van der Waals surface area contributed by atoms with Crippen LogP contribution in [0.25, 0.3) is 0 Å². The minimum atomic E-state index is -1.14. The van der Waals surface area contributed by atoms with E-state index in [1.807, 2.05) is 13.8 Å². The zero-order valence-electron chi connectivity index (χ0n) is 11.8. The molecule has 0 aliphatic carbocycles. The Labute approximate surface area is 112 Å². The normalized spacial score (nSPS) is 12.1. The summed E-state index contributed by atoms with van der Waals surface area (Å²) in [4.78, 5) is 35.1. The number of rotatable bonds is 8. The van der Waals surface area contributed by atoms with Gasteiger partial charge in [-0.05, 0) is 12.3 Å². The van der Waals surface area contributed by atoms with E-state index in [-0.39, 0.29) is 18.4 Å². The van der Waals surface area contributed by atoms with E-state index in [9.17, 15) is 14.4 Å². The van der Waals surface area contributed by atoms with Crippen molar-refractivity contribution in [3.63, 3.8) is 0 Å². The van der Waals surface area contributed by atoms with Crippen LogP contribution in [-0.2, 0) is 19.1 Å². The Kier molecular flexibility index (Phi) is 7.74. The molecule has 0 rings (SSSR count). The first-order chi connectivity index (χ1) is 8.73. The van der Waals surface area contributed by atoms with E-state index in [4.69, 9.17) is 5.11 Å². The van der Waals surface area contributed by atoms with Gasteiger partial charge in [-0.15, -0.1) is 0 Å². The maximum atomic E-state index is 11.9. The molecule has 0 aliphatic heterocycles. The molecule has 0 fully saturated rings. The van der Waals surface area contributed by atoms with Crippen molar-refractivity contribution in [2.45, 2.75) is 26.3 Å². The number of carboxylic acids is 1. The van der Waals surface area contributed by atoms with Crippen molar-refractivity contribution in [2.75, 3.05) is 27.3 Å². The number of nitrogens with one attached hydrogen (secondary N) is 1. The molecule has 0 aromatic heterocycles. The molecule has 0 aromatic carbocycles. The first-order valence-electron chi connectivity index (χ1n) is 6.04. The van der Waals surface area contributed by atoms with Crippen LogP contribution < -0.4 is 5.32 Å². The zero-order chi connectivity index (χ0) is 15.0. The van der Waals surface area contributed by atoms with Crippen LogP contribution in [0.1, 0.15) is 20.3 Å². The number of hydrogen-bond acceptors (Lipinski definition) is 4. The van der Waals surface area contributed by atoms with E-state index in [0.717, 1.165) is 0 Å². The van der Waals surface area contributed by atoms with Gasteiger partial charge in [-0.25, -0.2) is 4.79 Å². The van der Waals surface area contributed by atoms with Crippen molar-refractivity contribution in [3.8, 4) is 0 Å². The van der Waals surface area contributed by atoms with Crippen LogP contribution in [0.3, 0.4) is 0 Å². The van der Waals surface area contributed by atoms with Crippen molar-refractivity contribution >= 4 is 17.8 Å². The molecule has 1 unspecified atom stereocenters. The smallest absolute Gasteiger partial charge is 0.329 e. The number of amides is 2. The monoisotopic (exact) mass is 274 g/mol. The molecule has 7 nitrogen and oxygen atoms in total. The van der Waals surface area contributed by atoms with E-state index in [1.165, 1.54) is 4.90 Å². The molecule has 7 heteroatoms. The number of nitrogens with zero attached hydrogens (tertiary/aromatic N) is 1. The van der Waals surface area contributed by atoms with Crippen LogP contribution in [0.4, 0.5) is 0 Å². The van der Waals surface area contributed by atoms with Crippen LogP contribution in [-0.4, -0.2) is 61.1 Å². The lowest BCUT2D eigenvalue weighted by Crippen LogP contribution is -2.48. The molecule has 2 amide bonds. The molecule has 2 N–H and O–H groups in total. The number of carboxylic acid groups (broad SMARTS) is 1. The first kappa shape index (κ1) is 17.4. The lowest BCUT2D eigenvalue weighted by atomic mass is 10.0. The quantitative estimate of drug-likeness (QED) is 0.634. The van der Waals surface area contributed by atoms with Gasteiger partial charge >= 0.3 is 5.97 Å². The maximum Gasteiger partial charge on any atom is 0.329 e. The fourth-order valence-corrected chi connectivity index (χ4v) is 1.47. The molecule has 110 valence electrons. The van der Waals surface area contributed by atoms with Gasteiger partial charge < -0.3 is 20.1 Å². The highest BCUT2D eigenvalue weighted by Gasteiger charge is 2.23. The van der Waals surface area contributed by atoms with Gasteiger partial charge in [0.05, 0.1) is 0 Å². The van der Waals surface area contributed by atoms with E-state index in [1.54, 1.807) is 14.1 Å². The molecule has 0 saturated carbocycles. The molecule has 0 bridgehead atoms. The minimum Gasteiger partial charge on any atom is -0.480 e. The summed E-state index contributed by atoms with van der Waals surface area (Å²) >= 11 is 0. The first-order valence-corrected chi connectivity index (χ1v) is 6.04. The molecule has 0 radical (unpaired) electrons. The molecule has 0 aromatic rings. The van der Waals surface area contributed by atoms with Crippen LogP contribution in [0.5, 0.6) is 0 Å². The Morgan fingerprint density at radius 3 is 2.21 bits per heavy atom. The Hall–Kier alpha value is -1.63. The Morgan fingerprint density at radius 1 is 1.21 bits per heavy atom. The SMILES string of the molecule is CC(C)CC(NC(=O)COCC(=O)O)C(=O)N(C)C. The van der Waals surface area contributed by atoms with Crippen LogP contribution in [0.15, 0.2) is 0 Å². The third-order valence-corrected chi connectivity index (χ3v) is 2.24. The lowest BCUT2D eigenvalue weighted by molar-refractivity contribution is -0.144. The highest BCUT2D eigenvalue weighted by Crippen LogP contribution is 2.06. The Balaban J connectivity index is 4.34. The number of likely N-dealkylation sites (N-methyl/N-ethyl adjacent to an activating group) is 1. The fourth-order valence-electron chi connectivity index (χ4n) is 1.47. The van der Waals surface area contributed by atoms with Gasteiger partial charge in [0.2, 0.25) is 11.8 Å². The summed E-state index contributed by atoms with van der Waals surface area (Å²) in [6.07, 6.45) is 0.516. The topological polar surface area (TPSA) is 95.9 Å². The summed E-state index contributed by atoms with van der Waals surface area (Å²) < 4.78 is 4.67. The summed E-state index contributed by atoms with van der Waals surface area (Å²) in [6, 6.07) is -0.615. The van der Waals surface area contributed by atoms with Gasteiger partial charge in [-0.1, -0.05) is 13.8 Å². The van der Waals surface area contributed by atoms with Gasteiger partial charge in [0.15, 0.2) is 0 Å². The molecule has 0 heterocycles. The van der Waals surface area contributed by atoms with Crippen LogP contribution in [0.2, 0.25) is 0 Å². The highest BCUT2D eigenvalue weighted by molar-refractivity contribution is 5.87. The maximum absolute atomic E-state index is 11.9. The van der Waals surface area contributed by atoms with Crippen molar-refractivity contribution < 1.29 is 24.2 Å². The average molecular weight is 274 g/mol. The summed E-state index contributed by atoms with van der Waals surface area (Å²) in [5, 5.41) is 10.9. The second-order valence-electron chi connectivity index (χ2n) is 4.87. The third kappa shape index (κ3) is 8.15. The zero-order valence-corrected chi connectivity index (χ0v) is 11.8. The highest BCUT2D eigenvalue weighted by atomic mass is 16.5. The number of carbonyl (C=O) groups is 3. The molecule has 0 saturated heterocycles. The minimum absolute atomic E-state index is 0.194. The molecule has 19 heavy (non-hydrogen) atoms. The fraction of sp³-hybridized carbons (Fsp3) is 0.750. The van der Waals surface area contributed by atoms with Crippen molar-refractivity contribution in [2.24, 2.45) is 5.92 Å². The van der Waals surface area contributed by atoms with E-state index in [0.29, 0.717) is 6.42 Å². The van der Waals surface area contributed by atoms with Gasteiger partial charge in [-0.3, -0.25) is 9.59 Å². The van der Waals surface area contributed by atoms with Crippen molar-refractivity contribution in [3.05, 3.63) is 0 Å². The standard InChI is InChI=1S/C12H22N2O5/c1-8(2)5-9(12(18)14(3)4)13-10(15)6-19-7-11(16)17/h8-9H,5-7H2,1-4H3,(H,13,15)(H,16,17). The van der Waals surface area contributed by atoms with Gasteiger partial charge in [0.1, 0.15) is 19.3 Å². The second-order valence-corrected chi connectivity index (χ2v) is 4.87. The third-order valence-electron chi connectivity index (χ3n) is 2.24. The largest absolute Gasteiger partial charge is 0.480 e. The molecular weight excluding hydrogens is 252 g/mol. The van der Waals surface area contributed by atoms with Crippen molar-refractivity contribution in [1.82, 2.24) is 10.2 Å². The van der Waals surface area contributed by atoms with Crippen LogP contribution in [0, 0.1) is 5.92 Å². The van der Waals surface area contributed by atoms with E-state index in [2.05, 4.69) is 10.1 Å². The summed E-state index contributed by atoms with van der Waals surface area (Å²) in [6.45, 7) is 2.98. The molecular formula is C12H22N2O5. The second kappa shape index (κ2) is 8.47. The molecule has 0 aliphatic rings. The van der Waals surface area contributed by atoms with Gasteiger partial charge in [-0.2, -0.15) is 0 Å². The molecule has 1 atom stereocenters. The summed E-state index contributed by atoms with van der Waals surface area (Å²) in [7, 11) is 3.23. The number of hydrogen-bond donors (Lipinski definition) is 2. The lowest BCUT2D eigenvalue weighted by Gasteiger charge is -2.23. The predicted octanol–water partition coefficient (Wildman–Crippen LogP) is -0.293. The van der Waals surface area contributed by atoms with Gasteiger partial charge in [0.25, 0.3) is 0 Å². The predicted molar refractivity (Wildman–Crippen MR) is 68.5 cm³/mol. The average Bonchev–Trinajstić information content (AvgIpc) is 2.25. The molecule has 0 spiro atoms. The Morgan fingerprint density at radius 2 is 1.79 bits per heavy atom. The summed E-state index contributed by atoms with van der Waals surface area (Å²) in [5.74, 6) is -1.59. The van der Waals surface area contributed by atoms with E-state index >= 15 is 0 Å².